The Hall–Kier alpha value is -0.420. The third kappa shape index (κ3) is 2.48. The van der Waals surface area contributed by atoms with Crippen molar-refractivity contribution in [2.75, 3.05) is 6.54 Å². The van der Waals surface area contributed by atoms with E-state index >= 15 is 0 Å². The minimum Gasteiger partial charge on any atom is -0.328 e. The normalized spacial score (nSPS) is 18.9. The highest BCUT2D eigenvalue weighted by Crippen LogP contribution is 2.44. The molecule has 0 aliphatic heterocycles. The first-order valence-electron chi connectivity index (χ1n) is 6.68. The van der Waals surface area contributed by atoms with E-state index in [4.69, 9.17) is 5.73 Å². The highest BCUT2D eigenvalue weighted by molar-refractivity contribution is 9.10. The molecular formula is C13H21BrFN3. The van der Waals surface area contributed by atoms with Crippen LogP contribution < -0.4 is 5.73 Å². The lowest BCUT2D eigenvalue weighted by Gasteiger charge is -2.24. The Morgan fingerprint density at radius 3 is 2.61 bits per heavy atom. The van der Waals surface area contributed by atoms with Crippen molar-refractivity contribution >= 4 is 15.9 Å². The number of alkyl halides is 1. The lowest BCUT2D eigenvalue weighted by Crippen LogP contribution is -2.38. The molecule has 1 atom stereocenters. The number of hydrogen-bond acceptors (Lipinski definition) is 2. The van der Waals surface area contributed by atoms with E-state index in [2.05, 4.69) is 28.0 Å². The van der Waals surface area contributed by atoms with Crippen LogP contribution in [0.3, 0.4) is 0 Å². The highest BCUT2D eigenvalue weighted by Gasteiger charge is 2.45. The van der Waals surface area contributed by atoms with Gasteiger partial charge in [0.05, 0.1) is 15.9 Å². The van der Waals surface area contributed by atoms with Gasteiger partial charge in [-0.05, 0) is 48.0 Å². The van der Waals surface area contributed by atoms with Crippen LogP contribution in [0, 0.1) is 5.92 Å². The molecule has 0 aromatic carbocycles. The largest absolute Gasteiger partial charge is 0.328 e. The Balaban J connectivity index is 2.29. The molecule has 3 nitrogen and oxygen atoms in total. The van der Waals surface area contributed by atoms with Gasteiger partial charge in [-0.3, -0.25) is 4.68 Å². The molecule has 0 radical (unpaired) electrons. The molecule has 1 fully saturated rings. The van der Waals surface area contributed by atoms with Crippen LogP contribution in [0.25, 0.3) is 0 Å². The molecule has 0 bridgehead atoms. The summed E-state index contributed by atoms with van der Waals surface area (Å²) in [5.74, 6) is 0.139. The van der Waals surface area contributed by atoms with Crippen LogP contribution in [0.4, 0.5) is 4.39 Å². The second-order valence-corrected chi connectivity index (χ2v) is 5.86. The van der Waals surface area contributed by atoms with Gasteiger partial charge in [-0.2, -0.15) is 5.10 Å². The van der Waals surface area contributed by atoms with Gasteiger partial charge in [0.1, 0.15) is 5.67 Å². The van der Waals surface area contributed by atoms with Crippen molar-refractivity contribution in [2.45, 2.75) is 51.7 Å². The van der Waals surface area contributed by atoms with Crippen molar-refractivity contribution < 1.29 is 4.39 Å². The van der Waals surface area contributed by atoms with Gasteiger partial charge in [0.25, 0.3) is 0 Å². The zero-order valence-corrected chi connectivity index (χ0v) is 12.6. The Kier molecular flexibility index (Phi) is 4.11. The van der Waals surface area contributed by atoms with Crippen LogP contribution in [0.2, 0.25) is 0 Å². The van der Waals surface area contributed by atoms with Crippen molar-refractivity contribution in [1.29, 1.82) is 0 Å². The lowest BCUT2D eigenvalue weighted by molar-refractivity contribution is 0.139. The monoisotopic (exact) mass is 317 g/mol. The Bertz CT molecular complexity index is 428. The fraction of sp³-hybridized carbons (Fsp3) is 0.769. The summed E-state index contributed by atoms with van der Waals surface area (Å²) in [4.78, 5) is 0. The molecule has 1 aromatic rings. The summed E-state index contributed by atoms with van der Waals surface area (Å²) in [5, 5.41) is 4.51. The van der Waals surface area contributed by atoms with Crippen LogP contribution in [0.1, 0.15) is 38.1 Å². The molecule has 2 N–H and O–H groups in total. The van der Waals surface area contributed by atoms with E-state index in [1.165, 1.54) is 0 Å². The number of aromatic nitrogens is 2. The molecule has 18 heavy (non-hydrogen) atoms. The molecule has 1 aliphatic rings. The Labute approximate surface area is 116 Å². The number of hydrogen-bond donors (Lipinski definition) is 1. The van der Waals surface area contributed by atoms with Gasteiger partial charge in [-0.25, -0.2) is 4.39 Å². The van der Waals surface area contributed by atoms with Gasteiger partial charge in [-0.1, -0.05) is 6.92 Å². The SMILES string of the molecule is CCc1nn(CC)c(CC(F)(CN)C2CC2)c1Br. The quantitative estimate of drug-likeness (QED) is 0.876. The summed E-state index contributed by atoms with van der Waals surface area (Å²) in [6, 6.07) is 0. The number of nitrogens with two attached hydrogens (primary N) is 1. The van der Waals surface area contributed by atoms with Crippen LogP contribution in [-0.2, 0) is 19.4 Å². The number of aryl methyl sites for hydroxylation is 2. The van der Waals surface area contributed by atoms with E-state index in [1.807, 2.05) is 11.6 Å². The molecule has 0 saturated heterocycles. The molecule has 1 unspecified atom stereocenters. The van der Waals surface area contributed by atoms with E-state index in [1.54, 1.807) is 0 Å². The van der Waals surface area contributed by atoms with Gasteiger partial charge >= 0.3 is 0 Å². The molecule has 102 valence electrons. The Morgan fingerprint density at radius 2 is 2.17 bits per heavy atom. The number of halogens is 2. The van der Waals surface area contributed by atoms with Crippen LogP contribution >= 0.6 is 15.9 Å². The second kappa shape index (κ2) is 5.29. The summed E-state index contributed by atoms with van der Waals surface area (Å²) in [6.45, 7) is 4.95. The van der Waals surface area contributed by atoms with Gasteiger partial charge < -0.3 is 5.73 Å². The predicted octanol–water partition coefficient (Wildman–Crippen LogP) is 2.85. The molecule has 1 heterocycles. The molecule has 2 rings (SSSR count). The predicted molar refractivity (Wildman–Crippen MR) is 74.3 cm³/mol. The van der Waals surface area contributed by atoms with Gasteiger partial charge in [0.15, 0.2) is 0 Å². The summed E-state index contributed by atoms with van der Waals surface area (Å²) >= 11 is 3.56. The average molecular weight is 318 g/mol. The summed E-state index contributed by atoms with van der Waals surface area (Å²) in [6.07, 6.45) is 3.15. The van der Waals surface area contributed by atoms with E-state index < -0.39 is 5.67 Å². The molecule has 1 aromatic heterocycles. The maximum absolute atomic E-state index is 14.8. The zero-order chi connectivity index (χ0) is 13.3. The molecule has 0 spiro atoms. The average Bonchev–Trinajstić information content (AvgIpc) is 3.18. The van der Waals surface area contributed by atoms with E-state index in [0.29, 0.717) is 6.42 Å². The number of nitrogens with zero attached hydrogens (tertiary/aromatic N) is 2. The summed E-state index contributed by atoms with van der Waals surface area (Å²) in [5.41, 5.74) is 6.35. The van der Waals surface area contributed by atoms with Crippen molar-refractivity contribution in [3.63, 3.8) is 0 Å². The van der Waals surface area contributed by atoms with E-state index in [0.717, 1.165) is 41.7 Å². The maximum Gasteiger partial charge on any atom is 0.131 e. The smallest absolute Gasteiger partial charge is 0.131 e. The minimum absolute atomic E-state index is 0.0977. The number of rotatable bonds is 6. The third-order valence-electron chi connectivity index (χ3n) is 3.80. The maximum atomic E-state index is 14.8. The third-order valence-corrected chi connectivity index (χ3v) is 4.72. The highest BCUT2D eigenvalue weighted by atomic mass is 79.9. The van der Waals surface area contributed by atoms with Gasteiger partial charge in [0.2, 0.25) is 0 Å². The topological polar surface area (TPSA) is 43.8 Å². The first kappa shape index (κ1) is 14.0. The molecule has 1 saturated carbocycles. The standard InChI is InChI=1S/C13H21BrFN3/c1-3-10-12(14)11(18(4-2)17-10)7-13(15,8-16)9-5-6-9/h9H,3-8,16H2,1-2H3. The lowest BCUT2D eigenvalue weighted by atomic mass is 9.94. The van der Waals surface area contributed by atoms with E-state index in [-0.39, 0.29) is 12.5 Å². The van der Waals surface area contributed by atoms with Crippen molar-refractivity contribution in [3.05, 3.63) is 15.9 Å². The summed E-state index contributed by atoms with van der Waals surface area (Å²) in [7, 11) is 0. The van der Waals surface area contributed by atoms with Gasteiger partial charge in [-0.15, -0.1) is 0 Å². The van der Waals surface area contributed by atoms with Crippen molar-refractivity contribution in [2.24, 2.45) is 11.7 Å². The first-order valence-corrected chi connectivity index (χ1v) is 7.48. The fourth-order valence-electron chi connectivity index (χ4n) is 2.45. The second-order valence-electron chi connectivity index (χ2n) is 5.07. The van der Waals surface area contributed by atoms with Crippen LogP contribution in [0.15, 0.2) is 4.47 Å². The zero-order valence-electron chi connectivity index (χ0n) is 11.0. The first-order chi connectivity index (χ1) is 8.55. The van der Waals surface area contributed by atoms with Gasteiger partial charge in [0, 0.05) is 19.5 Å². The summed E-state index contributed by atoms with van der Waals surface area (Å²) < 4.78 is 17.7. The van der Waals surface area contributed by atoms with Crippen molar-refractivity contribution in [1.82, 2.24) is 9.78 Å². The fourth-order valence-corrected chi connectivity index (χ4v) is 3.15. The molecule has 5 heteroatoms. The Morgan fingerprint density at radius 1 is 1.50 bits per heavy atom. The van der Waals surface area contributed by atoms with Crippen molar-refractivity contribution in [3.8, 4) is 0 Å². The van der Waals surface area contributed by atoms with Crippen LogP contribution in [0.5, 0.6) is 0 Å². The van der Waals surface area contributed by atoms with E-state index in [9.17, 15) is 4.39 Å². The minimum atomic E-state index is -1.26. The van der Waals surface area contributed by atoms with Crippen LogP contribution in [-0.4, -0.2) is 22.0 Å². The molecule has 0 amide bonds. The molecule has 1 aliphatic carbocycles. The molecular weight excluding hydrogens is 297 g/mol.